The molecule has 0 saturated carbocycles. The lowest BCUT2D eigenvalue weighted by atomic mass is 9.98. The van der Waals surface area contributed by atoms with Gasteiger partial charge in [0, 0.05) is 42.4 Å². The first kappa shape index (κ1) is 20.3. The van der Waals surface area contributed by atoms with Crippen LogP contribution in [0.3, 0.4) is 0 Å². The maximum Gasteiger partial charge on any atom is 0.420 e. The molecule has 9 heteroatoms. The summed E-state index contributed by atoms with van der Waals surface area (Å²) in [6.07, 6.45) is -4.52. The number of halogens is 6. The summed E-state index contributed by atoms with van der Waals surface area (Å²) in [4.78, 5) is 13.7. The van der Waals surface area contributed by atoms with Crippen molar-refractivity contribution >= 4 is 16.9 Å². The van der Waals surface area contributed by atoms with Crippen molar-refractivity contribution in [3.63, 3.8) is 0 Å². The van der Waals surface area contributed by atoms with E-state index in [2.05, 4.69) is 0 Å². The first-order valence-electron chi connectivity index (χ1n) is 9.11. The Labute approximate surface area is 166 Å². The highest BCUT2D eigenvalue weighted by Crippen LogP contribution is 2.39. The highest BCUT2D eigenvalue weighted by Gasteiger charge is 2.36. The Morgan fingerprint density at radius 1 is 1.03 bits per heavy atom. The van der Waals surface area contributed by atoms with Crippen LogP contribution in [-0.4, -0.2) is 29.8 Å². The number of likely N-dealkylation sites (tertiary alicyclic amines) is 1. The van der Waals surface area contributed by atoms with Crippen molar-refractivity contribution in [3.8, 4) is 11.1 Å². The Morgan fingerprint density at radius 3 is 2.37 bits per heavy atom. The number of furan rings is 1. The van der Waals surface area contributed by atoms with E-state index in [-0.39, 0.29) is 40.7 Å². The van der Waals surface area contributed by atoms with Gasteiger partial charge in [-0.15, -0.1) is 0 Å². The zero-order valence-electron chi connectivity index (χ0n) is 15.4. The molecule has 3 aromatic rings. The largest absolute Gasteiger partial charge is 0.464 e. The van der Waals surface area contributed by atoms with Crippen LogP contribution < -0.4 is 0 Å². The molecule has 0 N–H and O–H groups in total. The summed E-state index contributed by atoms with van der Waals surface area (Å²) in [6.45, 7) is -0.303. The molecule has 3 nitrogen and oxygen atoms in total. The molecule has 0 bridgehead atoms. The van der Waals surface area contributed by atoms with Crippen molar-refractivity contribution in [2.24, 2.45) is 0 Å². The van der Waals surface area contributed by atoms with E-state index < -0.39 is 42.2 Å². The summed E-state index contributed by atoms with van der Waals surface area (Å²) in [5.41, 5.74) is -1.58. The summed E-state index contributed by atoms with van der Waals surface area (Å²) >= 11 is 0. The van der Waals surface area contributed by atoms with Gasteiger partial charge in [0.1, 0.15) is 11.4 Å². The van der Waals surface area contributed by atoms with Crippen LogP contribution in [0, 0.1) is 5.82 Å². The van der Waals surface area contributed by atoms with Crippen LogP contribution in [0.4, 0.5) is 26.3 Å². The number of fused-ring (bicyclic) bond motifs is 1. The lowest BCUT2D eigenvalue weighted by molar-refractivity contribution is -0.136. The Hall–Kier alpha value is -2.97. The second-order valence-corrected chi connectivity index (χ2v) is 7.20. The van der Waals surface area contributed by atoms with Crippen LogP contribution in [0.5, 0.6) is 0 Å². The summed E-state index contributed by atoms with van der Waals surface area (Å²) < 4.78 is 86.3. The zero-order valence-corrected chi connectivity index (χ0v) is 15.4. The van der Waals surface area contributed by atoms with E-state index in [1.165, 1.54) is 29.2 Å². The van der Waals surface area contributed by atoms with Gasteiger partial charge >= 0.3 is 6.18 Å². The zero-order chi connectivity index (χ0) is 21.7. The molecule has 158 valence electrons. The number of piperidine rings is 1. The summed E-state index contributed by atoms with van der Waals surface area (Å²) in [6, 6.07) is 6.90. The first-order chi connectivity index (χ1) is 14.0. The number of carbonyl (C=O) groups is 1. The molecular formula is C21H15F6NO2. The van der Waals surface area contributed by atoms with Crippen molar-refractivity contribution < 1.29 is 35.6 Å². The molecule has 0 spiro atoms. The number of amides is 1. The average Bonchev–Trinajstić information content (AvgIpc) is 3.14. The minimum Gasteiger partial charge on any atom is -0.464 e. The van der Waals surface area contributed by atoms with Crippen LogP contribution in [0.2, 0.25) is 0 Å². The monoisotopic (exact) mass is 427 g/mol. The third-order valence-corrected chi connectivity index (χ3v) is 5.17. The van der Waals surface area contributed by atoms with Crippen molar-refractivity contribution in [2.75, 3.05) is 13.1 Å². The molecule has 1 aliphatic heterocycles. The standard InChI is InChI=1S/C21H15F6NO2/c22-17-11-13(19(29)28-6-4-20(23,24)5-7-28)1-2-15(17)14-9-12-3-8-30-18(12)16(10-14)21(25,26)27/h1-3,8-11H,4-7H2. The molecule has 0 radical (unpaired) electrons. The van der Waals surface area contributed by atoms with Crippen LogP contribution in [-0.2, 0) is 6.18 Å². The molecule has 1 aromatic heterocycles. The number of rotatable bonds is 2. The molecule has 1 fully saturated rings. The topological polar surface area (TPSA) is 33.5 Å². The molecule has 1 aliphatic rings. The lowest BCUT2D eigenvalue weighted by Gasteiger charge is -2.31. The molecule has 2 aromatic carbocycles. The first-order valence-corrected chi connectivity index (χ1v) is 9.11. The average molecular weight is 427 g/mol. The highest BCUT2D eigenvalue weighted by atomic mass is 19.4. The number of hydrogen-bond donors (Lipinski definition) is 0. The van der Waals surface area contributed by atoms with Gasteiger partial charge in [-0.1, -0.05) is 6.07 Å². The van der Waals surface area contributed by atoms with Crippen molar-refractivity contribution in [2.45, 2.75) is 24.9 Å². The maximum atomic E-state index is 14.7. The fourth-order valence-corrected chi connectivity index (χ4v) is 3.55. The Morgan fingerprint density at radius 2 is 1.73 bits per heavy atom. The van der Waals surface area contributed by atoms with Crippen LogP contribution in [0.15, 0.2) is 47.1 Å². The van der Waals surface area contributed by atoms with Crippen LogP contribution >= 0.6 is 0 Å². The Bertz CT molecular complexity index is 1110. The lowest BCUT2D eigenvalue weighted by Crippen LogP contribution is -2.42. The van der Waals surface area contributed by atoms with Gasteiger partial charge in [-0.3, -0.25) is 4.79 Å². The van der Waals surface area contributed by atoms with Gasteiger partial charge < -0.3 is 9.32 Å². The number of nitrogens with zero attached hydrogens (tertiary/aromatic N) is 1. The van der Waals surface area contributed by atoms with Gasteiger partial charge in [-0.05, 0) is 35.9 Å². The Balaban J connectivity index is 1.67. The molecule has 1 amide bonds. The van der Waals surface area contributed by atoms with Gasteiger partial charge in [0.25, 0.3) is 11.8 Å². The number of hydrogen-bond acceptors (Lipinski definition) is 2. The number of alkyl halides is 5. The maximum absolute atomic E-state index is 14.7. The summed E-state index contributed by atoms with van der Waals surface area (Å²) in [7, 11) is 0. The molecule has 4 rings (SSSR count). The van der Waals surface area contributed by atoms with E-state index in [1.807, 2.05) is 0 Å². The smallest absolute Gasteiger partial charge is 0.420 e. The van der Waals surface area contributed by atoms with Crippen LogP contribution in [0.1, 0.15) is 28.8 Å². The third-order valence-electron chi connectivity index (χ3n) is 5.17. The normalized spacial score (nSPS) is 16.8. The fourth-order valence-electron chi connectivity index (χ4n) is 3.55. The highest BCUT2D eigenvalue weighted by molar-refractivity contribution is 5.95. The molecule has 0 unspecified atom stereocenters. The van der Waals surface area contributed by atoms with Crippen molar-refractivity contribution in [1.29, 1.82) is 0 Å². The van der Waals surface area contributed by atoms with Gasteiger partial charge in [0.2, 0.25) is 0 Å². The molecular weight excluding hydrogens is 412 g/mol. The quantitative estimate of drug-likeness (QED) is 0.461. The van der Waals surface area contributed by atoms with E-state index in [1.54, 1.807) is 0 Å². The van der Waals surface area contributed by atoms with Crippen molar-refractivity contribution in [3.05, 3.63) is 59.6 Å². The van der Waals surface area contributed by atoms with Gasteiger partial charge in [0.15, 0.2) is 0 Å². The molecule has 1 saturated heterocycles. The predicted molar refractivity (Wildman–Crippen MR) is 96.7 cm³/mol. The second-order valence-electron chi connectivity index (χ2n) is 7.20. The van der Waals surface area contributed by atoms with E-state index >= 15 is 0 Å². The van der Waals surface area contributed by atoms with E-state index in [9.17, 15) is 31.1 Å². The minimum atomic E-state index is -4.70. The molecule has 0 aliphatic carbocycles. The predicted octanol–water partition coefficient (Wildman–Crippen LogP) is 6.13. The molecule has 30 heavy (non-hydrogen) atoms. The number of carbonyl (C=O) groups excluding carboxylic acids is 1. The fraction of sp³-hybridized carbons (Fsp3) is 0.286. The molecule has 0 atom stereocenters. The van der Waals surface area contributed by atoms with E-state index in [0.717, 1.165) is 18.4 Å². The van der Waals surface area contributed by atoms with Gasteiger partial charge in [0.05, 0.1) is 11.8 Å². The van der Waals surface area contributed by atoms with E-state index in [0.29, 0.717) is 0 Å². The SMILES string of the molecule is O=C(c1ccc(-c2cc(C(F)(F)F)c3occc3c2)c(F)c1)N1CCC(F)(F)CC1. The third kappa shape index (κ3) is 3.76. The van der Waals surface area contributed by atoms with E-state index in [4.69, 9.17) is 4.42 Å². The Kier molecular flexibility index (Phi) is 4.79. The number of benzene rings is 2. The van der Waals surface area contributed by atoms with Crippen molar-refractivity contribution in [1.82, 2.24) is 4.90 Å². The summed E-state index contributed by atoms with van der Waals surface area (Å²) in [5.74, 6) is -4.32. The summed E-state index contributed by atoms with van der Waals surface area (Å²) in [5, 5.41) is 0.161. The second kappa shape index (κ2) is 7.07. The van der Waals surface area contributed by atoms with Gasteiger partial charge in [-0.2, -0.15) is 13.2 Å². The van der Waals surface area contributed by atoms with Gasteiger partial charge in [-0.25, -0.2) is 13.2 Å². The minimum absolute atomic E-state index is 0.0228. The van der Waals surface area contributed by atoms with Crippen LogP contribution in [0.25, 0.3) is 22.1 Å². The molecule has 2 heterocycles.